The molecular formula is C18H25N5OS. The predicted molar refractivity (Wildman–Crippen MR) is 98.9 cm³/mol. The number of rotatable bonds is 5. The van der Waals surface area contributed by atoms with Gasteiger partial charge in [0.05, 0.1) is 11.4 Å². The smallest absolute Gasteiger partial charge is 0.233 e. The van der Waals surface area contributed by atoms with E-state index < -0.39 is 0 Å². The van der Waals surface area contributed by atoms with Gasteiger partial charge in [-0.1, -0.05) is 44.7 Å². The normalized spacial score (nSPS) is 15.8. The van der Waals surface area contributed by atoms with Gasteiger partial charge in [-0.15, -0.1) is 5.10 Å². The van der Waals surface area contributed by atoms with E-state index in [0.717, 1.165) is 37.5 Å². The van der Waals surface area contributed by atoms with Gasteiger partial charge in [0, 0.05) is 13.1 Å². The van der Waals surface area contributed by atoms with Crippen LogP contribution in [0.25, 0.3) is 5.69 Å². The summed E-state index contributed by atoms with van der Waals surface area (Å²) in [5.74, 6) is 1.75. The van der Waals surface area contributed by atoms with Crippen LogP contribution in [0.2, 0.25) is 0 Å². The minimum absolute atomic E-state index is 0.168. The Morgan fingerprint density at radius 3 is 2.56 bits per heavy atom. The second-order valence-corrected chi connectivity index (χ2v) is 7.91. The Morgan fingerprint density at radius 1 is 1.24 bits per heavy atom. The lowest BCUT2D eigenvalue weighted by Gasteiger charge is -2.30. The topological polar surface area (TPSA) is 63.9 Å². The van der Waals surface area contributed by atoms with Crippen molar-refractivity contribution in [2.75, 3.05) is 18.8 Å². The van der Waals surface area contributed by atoms with Crippen LogP contribution in [-0.2, 0) is 4.79 Å². The third kappa shape index (κ3) is 4.39. The van der Waals surface area contributed by atoms with Gasteiger partial charge in [0.2, 0.25) is 11.1 Å². The zero-order valence-corrected chi connectivity index (χ0v) is 15.9. The minimum Gasteiger partial charge on any atom is -0.342 e. The van der Waals surface area contributed by atoms with E-state index in [4.69, 9.17) is 0 Å². The molecular weight excluding hydrogens is 334 g/mol. The zero-order valence-electron chi connectivity index (χ0n) is 15.1. The van der Waals surface area contributed by atoms with E-state index in [0.29, 0.717) is 16.8 Å². The van der Waals surface area contributed by atoms with Crippen LogP contribution in [-0.4, -0.2) is 49.9 Å². The fraction of sp³-hybridized carbons (Fsp3) is 0.556. The lowest BCUT2D eigenvalue weighted by Crippen LogP contribution is -2.38. The van der Waals surface area contributed by atoms with Crippen LogP contribution in [0, 0.1) is 5.92 Å². The van der Waals surface area contributed by atoms with E-state index in [9.17, 15) is 4.79 Å². The maximum atomic E-state index is 12.4. The molecule has 1 fully saturated rings. The molecule has 0 aliphatic carbocycles. The Labute approximate surface area is 153 Å². The summed E-state index contributed by atoms with van der Waals surface area (Å²) in [5, 5.41) is 12.6. The number of carbonyl (C=O) groups excluding carboxylic acids is 1. The average Bonchev–Trinajstić information content (AvgIpc) is 3.09. The quantitative estimate of drug-likeness (QED) is 0.768. The second kappa shape index (κ2) is 7.99. The number of benzene rings is 1. The van der Waals surface area contributed by atoms with Crippen molar-refractivity contribution >= 4 is 17.7 Å². The van der Waals surface area contributed by atoms with Gasteiger partial charge in [0.25, 0.3) is 0 Å². The molecule has 0 bridgehead atoms. The highest BCUT2D eigenvalue weighted by Crippen LogP contribution is 2.22. The molecule has 0 unspecified atom stereocenters. The molecule has 134 valence electrons. The van der Waals surface area contributed by atoms with Crippen LogP contribution in [0.3, 0.4) is 0 Å². The number of hydrogen-bond acceptors (Lipinski definition) is 5. The first-order valence-electron chi connectivity index (χ1n) is 8.84. The van der Waals surface area contributed by atoms with Crippen LogP contribution < -0.4 is 0 Å². The van der Waals surface area contributed by atoms with Crippen molar-refractivity contribution in [3.05, 3.63) is 29.8 Å². The van der Waals surface area contributed by atoms with Gasteiger partial charge in [-0.3, -0.25) is 4.79 Å². The highest BCUT2D eigenvalue weighted by molar-refractivity contribution is 7.99. The van der Waals surface area contributed by atoms with Crippen LogP contribution in [0.1, 0.15) is 45.1 Å². The molecule has 1 saturated heterocycles. The summed E-state index contributed by atoms with van der Waals surface area (Å²) in [5.41, 5.74) is 2.19. The molecule has 0 spiro atoms. The first-order chi connectivity index (χ1) is 12.0. The molecule has 6 nitrogen and oxygen atoms in total. The molecule has 1 amide bonds. The summed E-state index contributed by atoms with van der Waals surface area (Å²) >= 11 is 1.40. The van der Waals surface area contributed by atoms with Gasteiger partial charge in [0.1, 0.15) is 0 Å². The van der Waals surface area contributed by atoms with Crippen LogP contribution in [0.4, 0.5) is 0 Å². The van der Waals surface area contributed by atoms with Gasteiger partial charge >= 0.3 is 0 Å². The summed E-state index contributed by atoms with van der Waals surface area (Å²) in [6.07, 6.45) is 2.19. The van der Waals surface area contributed by atoms with Crippen molar-refractivity contribution < 1.29 is 4.79 Å². The summed E-state index contributed by atoms with van der Waals surface area (Å²) < 4.78 is 1.69. The number of tetrazole rings is 1. The standard InChI is InChI=1S/C18H25N5OS/c1-13(2)15-4-6-16(7-5-15)23-18(19-20-21-23)25-12-17(24)22-10-8-14(3)9-11-22/h4-7,13-14H,8-12H2,1-3H3. The minimum atomic E-state index is 0.168. The average molecular weight is 359 g/mol. The number of piperidine rings is 1. The highest BCUT2D eigenvalue weighted by Gasteiger charge is 2.21. The van der Waals surface area contributed by atoms with Crippen molar-refractivity contribution in [1.29, 1.82) is 0 Å². The zero-order chi connectivity index (χ0) is 17.8. The maximum absolute atomic E-state index is 12.4. The lowest BCUT2D eigenvalue weighted by molar-refractivity contribution is -0.129. The molecule has 1 aliphatic rings. The monoisotopic (exact) mass is 359 g/mol. The molecule has 3 rings (SSSR count). The van der Waals surface area contributed by atoms with Crippen LogP contribution >= 0.6 is 11.8 Å². The highest BCUT2D eigenvalue weighted by atomic mass is 32.2. The van der Waals surface area contributed by atoms with E-state index in [-0.39, 0.29) is 5.91 Å². The number of carbonyl (C=O) groups is 1. The molecule has 0 N–H and O–H groups in total. The van der Waals surface area contributed by atoms with E-state index in [1.807, 2.05) is 17.0 Å². The first kappa shape index (κ1) is 17.9. The van der Waals surface area contributed by atoms with Crippen molar-refractivity contribution in [1.82, 2.24) is 25.1 Å². The number of thioether (sulfide) groups is 1. The Morgan fingerprint density at radius 2 is 1.92 bits per heavy atom. The molecule has 0 saturated carbocycles. The molecule has 25 heavy (non-hydrogen) atoms. The summed E-state index contributed by atoms with van der Waals surface area (Å²) in [7, 11) is 0. The molecule has 1 aromatic carbocycles. The van der Waals surface area contributed by atoms with E-state index in [1.165, 1.54) is 17.3 Å². The number of hydrogen-bond donors (Lipinski definition) is 0. The fourth-order valence-electron chi connectivity index (χ4n) is 2.91. The predicted octanol–water partition coefficient (Wildman–Crippen LogP) is 3.14. The SMILES string of the molecule is CC1CCN(C(=O)CSc2nnnn2-c2ccc(C(C)C)cc2)CC1. The molecule has 1 aliphatic heterocycles. The van der Waals surface area contributed by atoms with Crippen molar-refractivity contribution in [3.8, 4) is 5.69 Å². The van der Waals surface area contributed by atoms with E-state index >= 15 is 0 Å². The molecule has 0 radical (unpaired) electrons. The summed E-state index contributed by atoms with van der Waals surface area (Å²) in [4.78, 5) is 14.4. The third-order valence-corrected chi connectivity index (χ3v) is 5.61. The Balaban J connectivity index is 1.63. The first-order valence-corrected chi connectivity index (χ1v) is 9.82. The second-order valence-electron chi connectivity index (χ2n) is 6.97. The van der Waals surface area contributed by atoms with Gasteiger partial charge in [-0.05, 0) is 52.8 Å². The number of nitrogens with zero attached hydrogens (tertiary/aromatic N) is 5. The largest absolute Gasteiger partial charge is 0.342 e. The fourth-order valence-corrected chi connectivity index (χ4v) is 3.70. The van der Waals surface area contributed by atoms with Crippen LogP contribution in [0.5, 0.6) is 0 Å². The summed E-state index contributed by atoms with van der Waals surface area (Å²) in [6.45, 7) is 8.31. The number of likely N-dealkylation sites (tertiary alicyclic amines) is 1. The van der Waals surface area contributed by atoms with E-state index in [1.54, 1.807) is 4.68 Å². The number of amides is 1. The third-order valence-electron chi connectivity index (χ3n) is 4.71. The Kier molecular flexibility index (Phi) is 5.73. The maximum Gasteiger partial charge on any atom is 0.233 e. The van der Waals surface area contributed by atoms with Crippen molar-refractivity contribution in [2.45, 2.75) is 44.7 Å². The van der Waals surface area contributed by atoms with Gasteiger partial charge in [-0.2, -0.15) is 4.68 Å². The van der Waals surface area contributed by atoms with Gasteiger partial charge in [0.15, 0.2) is 0 Å². The molecule has 2 heterocycles. The Bertz CT molecular complexity index is 705. The molecule has 0 atom stereocenters. The van der Waals surface area contributed by atoms with Crippen LogP contribution in [0.15, 0.2) is 29.4 Å². The molecule has 2 aromatic rings. The van der Waals surface area contributed by atoms with Crippen molar-refractivity contribution in [2.24, 2.45) is 5.92 Å². The molecule has 1 aromatic heterocycles. The lowest BCUT2D eigenvalue weighted by atomic mass is 9.99. The van der Waals surface area contributed by atoms with Crippen molar-refractivity contribution in [3.63, 3.8) is 0 Å². The molecule has 7 heteroatoms. The van der Waals surface area contributed by atoms with Gasteiger partial charge < -0.3 is 4.90 Å². The summed E-state index contributed by atoms with van der Waals surface area (Å²) in [6, 6.07) is 8.22. The van der Waals surface area contributed by atoms with E-state index in [2.05, 4.69) is 48.4 Å². The number of aromatic nitrogens is 4. The van der Waals surface area contributed by atoms with Gasteiger partial charge in [-0.25, -0.2) is 0 Å². The Hall–Kier alpha value is -1.89.